The first-order chi connectivity index (χ1) is 15.2. The van der Waals surface area contributed by atoms with E-state index in [1.807, 2.05) is 42.6 Å². The molecule has 1 saturated heterocycles. The Morgan fingerprint density at radius 1 is 0.839 bits per heavy atom. The van der Waals surface area contributed by atoms with Crippen molar-refractivity contribution >= 4 is 10.9 Å². The molecule has 1 saturated carbocycles. The van der Waals surface area contributed by atoms with E-state index < -0.39 is 5.79 Å². The second-order valence-corrected chi connectivity index (χ2v) is 8.68. The van der Waals surface area contributed by atoms with Crippen molar-refractivity contribution in [2.24, 2.45) is 0 Å². The van der Waals surface area contributed by atoms with Gasteiger partial charge in [0.05, 0.1) is 0 Å². The van der Waals surface area contributed by atoms with E-state index in [1.165, 1.54) is 6.07 Å². The van der Waals surface area contributed by atoms with Crippen molar-refractivity contribution in [1.82, 2.24) is 4.98 Å². The standard InChI is InChI=1S/C27H24FNO2/c28-21-11-12-24-22(15-21)23(17-29-24)20-13-14-27(16-20)30-25(18-7-3-1-4-8-18)26(31-27)19-9-5-2-6-10-19/h1-12,15,17,20,25-26,29H,13-14,16H2/t20?,25-,26-/m0/s1. The molecule has 1 spiro atoms. The fourth-order valence-corrected chi connectivity index (χ4v) is 5.29. The number of aromatic amines is 1. The minimum atomic E-state index is -0.622. The molecule has 2 aliphatic rings. The molecule has 2 fully saturated rings. The summed E-state index contributed by atoms with van der Waals surface area (Å²) in [5.74, 6) is -0.563. The predicted octanol–water partition coefficient (Wildman–Crippen LogP) is 6.80. The summed E-state index contributed by atoms with van der Waals surface area (Å²) in [6.45, 7) is 0. The van der Waals surface area contributed by atoms with Gasteiger partial charge in [0, 0.05) is 29.9 Å². The number of ether oxygens (including phenoxy) is 2. The fraction of sp³-hybridized carbons (Fsp3) is 0.259. The number of aromatic nitrogens is 1. The maximum atomic E-state index is 13.9. The Kier molecular flexibility index (Phi) is 4.44. The summed E-state index contributed by atoms with van der Waals surface area (Å²) >= 11 is 0. The van der Waals surface area contributed by atoms with Crippen molar-refractivity contribution in [3.05, 3.63) is 108 Å². The molecular formula is C27H24FNO2. The average molecular weight is 413 g/mol. The SMILES string of the molecule is Fc1ccc2[nH]cc(C3CCC4(C3)O[C@@H](c3ccccc3)[C@H](c3ccccc3)O4)c2c1. The highest BCUT2D eigenvalue weighted by molar-refractivity contribution is 5.83. The fourth-order valence-electron chi connectivity index (χ4n) is 5.29. The number of nitrogens with one attached hydrogen (secondary N) is 1. The largest absolute Gasteiger partial charge is 0.361 e. The molecule has 2 heterocycles. The van der Waals surface area contributed by atoms with Gasteiger partial charge in [-0.2, -0.15) is 0 Å². The lowest BCUT2D eigenvalue weighted by molar-refractivity contribution is -0.171. The van der Waals surface area contributed by atoms with Crippen molar-refractivity contribution in [2.75, 3.05) is 0 Å². The zero-order valence-corrected chi connectivity index (χ0v) is 17.1. The zero-order chi connectivity index (χ0) is 20.8. The highest BCUT2D eigenvalue weighted by atomic mass is 19.1. The number of H-pyrrole nitrogens is 1. The lowest BCUT2D eigenvalue weighted by atomic mass is 9.96. The molecule has 0 amide bonds. The summed E-state index contributed by atoms with van der Waals surface area (Å²) in [5.41, 5.74) is 4.38. The monoisotopic (exact) mass is 413 g/mol. The topological polar surface area (TPSA) is 34.2 Å². The lowest BCUT2D eigenvalue weighted by Crippen LogP contribution is -2.26. The molecule has 1 aliphatic heterocycles. The van der Waals surface area contributed by atoms with Gasteiger partial charge in [0.15, 0.2) is 5.79 Å². The van der Waals surface area contributed by atoms with Crippen LogP contribution in [0.25, 0.3) is 10.9 Å². The average Bonchev–Trinajstić information content (AvgIpc) is 3.52. The molecule has 0 radical (unpaired) electrons. The van der Waals surface area contributed by atoms with E-state index in [2.05, 4.69) is 29.2 Å². The Labute approximate surface area is 180 Å². The number of benzene rings is 3. The molecule has 6 rings (SSSR count). The smallest absolute Gasteiger partial charge is 0.170 e. The number of rotatable bonds is 3. The van der Waals surface area contributed by atoms with Crippen molar-refractivity contribution in [3.63, 3.8) is 0 Å². The Balaban J connectivity index is 1.33. The quantitative estimate of drug-likeness (QED) is 0.401. The van der Waals surface area contributed by atoms with Crippen LogP contribution in [-0.2, 0) is 9.47 Å². The molecule has 31 heavy (non-hydrogen) atoms. The minimum absolute atomic E-state index is 0.150. The van der Waals surface area contributed by atoms with Crippen LogP contribution in [0, 0.1) is 5.82 Å². The highest BCUT2D eigenvalue weighted by Gasteiger charge is 2.52. The van der Waals surface area contributed by atoms with E-state index in [1.54, 1.807) is 12.1 Å². The molecule has 3 nitrogen and oxygen atoms in total. The Hall–Kier alpha value is -2.95. The highest BCUT2D eigenvalue weighted by Crippen LogP contribution is 2.56. The summed E-state index contributed by atoms with van der Waals surface area (Å²) in [5, 5.41) is 0.958. The molecule has 3 atom stereocenters. The molecular weight excluding hydrogens is 389 g/mol. The lowest BCUT2D eigenvalue weighted by Gasteiger charge is -2.23. The third-order valence-corrected chi connectivity index (χ3v) is 6.76. The van der Waals surface area contributed by atoms with Gasteiger partial charge < -0.3 is 14.5 Å². The molecule has 0 bridgehead atoms. The first-order valence-electron chi connectivity index (χ1n) is 10.9. The van der Waals surface area contributed by atoms with Gasteiger partial charge in [0.2, 0.25) is 0 Å². The van der Waals surface area contributed by atoms with Crippen LogP contribution in [0.1, 0.15) is 54.1 Å². The van der Waals surface area contributed by atoms with Gasteiger partial charge in [-0.3, -0.25) is 0 Å². The van der Waals surface area contributed by atoms with E-state index in [-0.39, 0.29) is 23.9 Å². The van der Waals surface area contributed by atoms with Crippen LogP contribution in [-0.4, -0.2) is 10.8 Å². The van der Waals surface area contributed by atoms with Crippen LogP contribution < -0.4 is 0 Å². The van der Waals surface area contributed by atoms with Gasteiger partial charge in [0.25, 0.3) is 0 Å². The summed E-state index contributed by atoms with van der Waals surface area (Å²) in [6.07, 6.45) is 4.26. The van der Waals surface area contributed by atoms with Crippen molar-refractivity contribution in [3.8, 4) is 0 Å². The van der Waals surface area contributed by atoms with Gasteiger partial charge >= 0.3 is 0 Å². The van der Waals surface area contributed by atoms with Crippen LogP contribution >= 0.6 is 0 Å². The third-order valence-electron chi connectivity index (χ3n) is 6.76. The normalized spacial score (nSPS) is 24.9. The van der Waals surface area contributed by atoms with E-state index in [4.69, 9.17) is 9.47 Å². The van der Waals surface area contributed by atoms with Crippen LogP contribution in [0.4, 0.5) is 4.39 Å². The summed E-state index contributed by atoms with van der Waals surface area (Å²) < 4.78 is 27.3. The number of hydrogen-bond donors (Lipinski definition) is 1. The van der Waals surface area contributed by atoms with Crippen molar-refractivity contribution in [2.45, 2.75) is 43.2 Å². The first-order valence-corrected chi connectivity index (χ1v) is 10.9. The first kappa shape index (κ1) is 18.8. The van der Waals surface area contributed by atoms with E-state index >= 15 is 0 Å². The second-order valence-electron chi connectivity index (χ2n) is 8.68. The number of halogens is 1. The Bertz CT molecular complexity index is 1160. The summed E-state index contributed by atoms with van der Waals surface area (Å²) in [6, 6.07) is 25.6. The molecule has 1 N–H and O–H groups in total. The molecule has 1 unspecified atom stereocenters. The van der Waals surface area contributed by atoms with Crippen LogP contribution in [0.2, 0.25) is 0 Å². The predicted molar refractivity (Wildman–Crippen MR) is 118 cm³/mol. The van der Waals surface area contributed by atoms with Gasteiger partial charge in [0.1, 0.15) is 18.0 Å². The molecule has 3 aromatic carbocycles. The summed E-state index contributed by atoms with van der Waals surface area (Å²) in [7, 11) is 0. The third kappa shape index (κ3) is 3.27. The molecule has 156 valence electrons. The van der Waals surface area contributed by atoms with Gasteiger partial charge in [-0.1, -0.05) is 60.7 Å². The van der Waals surface area contributed by atoms with Gasteiger partial charge in [-0.15, -0.1) is 0 Å². The van der Waals surface area contributed by atoms with Gasteiger partial charge in [-0.25, -0.2) is 4.39 Å². The number of fused-ring (bicyclic) bond motifs is 1. The summed E-state index contributed by atoms with van der Waals surface area (Å²) in [4.78, 5) is 3.29. The van der Waals surface area contributed by atoms with Crippen molar-refractivity contribution < 1.29 is 13.9 Å². The van der Waals surface area contributed by atoms with Gasteiger partial charge in [-0.05, 0) is 47.2 Å². The minimum Gasteiger partial charge on any atom is -0.361 e. The van der Waals surface area contributed by atoms with Crippen LogP contribution in [0.15, 0.2) is 85.1 Å². The maximum absolute atomic E-state index is 13.9. The maximum Gasteiger partial charge on any atom is 0.170 e. The van der Waals surface area contributed by atoms with E-state index in [0.29, 0.717) is 0 Å². The Morgan fingerprint density at radius 2 is 1.48 bits per heavy atom. The molecule has 1 aromatic heterocycles. The van der Waals surface area contributed by atoms with E-state index in [9.17, 15) is 4.39 Å². The molecule has 1 aliphatic carbocycles. The Morgan fingerprint density at radius 3 is 2.13 bits per heavy atom. The van der Waals surface area contributed by atoms with Crippen LogP contribution in [0.5, 0.6) is 0 Å². The zero-order valence-electron chi connectivity index (χ0n) is 17.1. The molecule has 4 heteroatoms. The van der Waals surface area contributed by atoms with Crippen molar-refractivity contribution in [1.29, 1.82) is 0 Å². The van der Waals surface area contributed by atoms with Crippen LogP contribution in [0.3, 0.4) is 0 Å². The number of hydrogen-bond acceptors (Lipinski definition) is 2. The molecule has 4 aromatic rings. The van der Waals surface area contributed by atoms with E-state index in [0.717, 1.165) is 46.9 Å². The second kappa shape index (κ2) is 7.33.